The minimum Gasteiger partial charge on any atom is -0.441 e. The summed E-state index contributed by atoms with van der Waals surface area (Å²) in [7, 11) is 0. The normalized spacial score (nSPS) is 11.0. The van der Waals surface area contributed by atoms with Crippen molar-refractivity contribution in [1.82, 2.24) is 14.5 Å². The molecule has 2 aromatic heterocycles. The molecular weight excluding hydrogens is 441 g/mol. The number of unbranched alkanes of at least 4 members (excludes halogenated alkanes) is 2. The number of nitrogens with one attached hydrogen (secondary N) is 1. The predicted octanol–water partition coefficient (Wildman–Crippen LogP) is 3.48. The van der Waals surface area contributed by atoms with Gasteiger partial charge >= 0.3 is 5.69 Å². The molecule has 0 aliphatic heterocycles. The third-order valence-corrected chi connectivity index (χ3v) is 5.49. The standard InChI is InChI=1S/C24H30FN5O4/c1-3-5-13-29(21-22(26)30(14-6-4-2)24(33)28-23(21)32)20(31)12-11-19-27-15-18(34-19)16-7-9-17(25)10-8-16/h7-10,15H,3-6,11-14,26H2,1-2H3,(H,28,32,33). The van der Waals surface area contributed by atoms with Crippen LogP contribution in [0.5, 0.6) is 0 Å². The molecule has 0 unspecified atom stereocenters. The number of hydrogen-bond acceptors (Lipinski definition) is 6. The Bertz CT molecular complexity index is 1230. The van der Waals surface area contributed by atoms with E-state index in [1.54, 1.807) is 12.1 Å². The molecule has 2 heterocycles. The summed E-state index contributed by atoms with van der Waals surface area (Å²) in [5.41, 5.74) is 5.61. The van der Waals surface area contributed by atoms with Crippen molar-refractivity contribution in [2.75, 3.05) is 17.2 Å². The second-order valence-electron chi connectivity index (χ2n) is 8.02. The van der Waals surface area contributed by atoms with Crippen molar-refractivity contribution in [2.24, 2.45) is 0 Å². The Balaban J connectivity index is 1.81. The molecule has 0 bridgehead atoms. The van der Waals surface area contributed by atoms with Gasteiger partial charge in [0, 0.05) is 31.5 Å². The Morgan fingerprint density at radius 3 is 2.56 bits per heavy atom. The Labute approximate surface area is 196 Å². The van der Waals surface area contributed by atoms with Crippen LogP contribution in [0.25, 0.3) is 11.3 Å². The molecule has 0 saturated heterocycles. The number of amides is 1. The average Bonchev–Trinajstić information content (AvgIpc) is 3.29. The number of aromatic amines is 1. The highest BCUT2D eigenvalue weighted by atomic mass is 19.1. The lowest BCUT2D eigenvalue weighted by Gasteiger charge is -2.24. The number of carbonyl (C=O) groups excluding carboxylic acids is 1. The number of aryl methyl sites for hydroxylation is 1. The summed E-state index contributed by atoms with van der Waals surface area (Å²) in [4.78, 5) is 45.9. The first-order chi connectivity index (χ1) is 16.3. The Morgan fingerprint density at radius 2 is 1.88 bits per heavy atom. The molecule has 34 heavy (non-hydrogen) atoms. The molecule has 10 heteroatoms. The number of nitrogens with zero attached hydrogens (tertiary/aromatic N) is 3. The highest BCUT2D eigenvalue weighted by molar-refractivity contribution is 5.95. The molecule has 182 valence electrons. The smallest absolute Gasteiger partial charge is 0.330 e. The monoisotopic (exact) mass is 471 g/mol. The third kappa shape index (κ3) is 5.81. The topological polar surface area (TPSA) is 127 Å². The molecule has 9 nitrogen and oxygen atoms in total. The lowest BCUT2D eigenvalue weighted by Crippen LogP contribution is -2.41. The summed E-state index contributed by atoms with van der Waals surface area (Å²) < 4.78 is 20.2. The van der Waals surface area contributed by atoms with E-state index in [2.05, 4.69) is 9.97 Å². The second-order valence-corrected chi connectivity index (χ2v) is 8.02. The number of nitrogen functional groups attached to an aromatic ring is 1. The molecule has 1 amide bonds. The van der Waals surface area contributed by atoms with Crippen LogP contribution in [0.3, 0.4) is 0 Å². The molecule has 0 atom stereocenters. The number of benzene rings is 1. The fourth-order valence-electron chi connectivity index (χ4n) is 3.58. The number of hydrogen-bond donors (Lipinski definition) is 2. The summed E-state index contributed by atoms with van der Waals surface area (Å²) in [5, 5.41) is 0. The van der Waals surface area contributed by atoms with Gasteiger partial charge in [-0.15, -0.1) is 0 Å². The average molecular weight is 472 g/mol. The molecule has 3 rings (SSSR count). The van der Waals surface area contributed by atoms with Gasteiger partial charge in [-0.2, -0.15) is 0 Å². The first-order valence-electron chi connectivity index (χ1n) is 11.5. The van der Waals surface area contributed by atoms with Crippen molar-refractivity contribution in [1.29, 1.82) is 0 Å². The molecule has 0 saturated carbocycles. The van der Waals surface area contributed by atoms with Crippen molar-refractivity contribution < 1.29 is 13.6 Å². The van der Waals surface area contributed by atoms with Crippen LogP contribution in [0.2, 0.25) is 0 Å². The number of oxazole rings is 1. The van der Waals surface area contributed by atoms with Gasteiger partial charge in [0.15, 0.2) is 17.3 Å². The summed E-state index contributed by atoms with van der Waals surface area (Å²) in [6.07, 6.45) is 4.77. The van der Waals surface area contributed by atoms with E-state index >= 15 is 0 Å². The third-order valence-electron chi connectivity index (χ3n) is 5.49. The summed E-state index contributed by atoms with van der Waals surface area (Å²) in [6.45, 7) is 4.60. The molecule has 0 aliphatic rings. The van der Waals surface area contributed by atoms with Crippen LogP contribution in [0, 0.1) is 5.82 Å². The van der Waals surface area contributed by atoms with Crippen molar-refractivity contribution in [3.8, 4) is 11.3 Å². The lowest BCUT2D eigenvalue weighted by molar-refractivity contribution is -0.118. The van der Waals surface area contributed by atoms with Crippen LogP contribution >= 0.6 is 0 Å². The van der Waals surface area contributed by atoms with Gasteiger partial charge in [-0.1, -0.05) is 26.7 Å². The van der Waals surface area contributed by atoms with Gasteiger partial charge in [-0.05, 0) is 37.1 Å². The predicted molar refractivity (Wildman–Crippen MR) is 128 cm³/mol. The Hall–Kier alpha value is -3.69. The van der Waals surface area contributed by atoms with E-state index in [4.69, 9.17) is 10.2 Å². The molecular formula is C24H30FN5O4. The van der Waals surface area contributed by atoms with E-state index in [1.165, 1.54) is 27.8 Å². The van der Waals surface area contributed by atoms with Gasteiger partial charge in [0.2, 0.25) is 5.91 Å². The van der Waals surface area contributed by atoms with Crippen molar-refractivity contribution in [3.05, 3.63) is 63.0 Å². The van der Waals surface area contributed by atoms with Crippen LogP contribution in [0.4, 0.5) is 15.9 Å². The zero-order chi connectivity index (χ0) is 24.7. The Kier molecular flexibility index (Phi) is 8.39. The minimum absolute atomic E-state index is 0.00596. The van der Waals surface area contributed by atoms with Crippen LogP contribution in [-0.4, -0.2) is 27.0 Å². The van der Waals surface area contributed by atoms with Crippen LogP contribution in [-0.2, 0) is 17.8 Å². The largest absolute Gasteiger partial charge is 0.441 e. The highest BCUT2D eigenvalue weighted by Gasteiger charge is 2.24. The summed E-state index contributed by atoms with van der Waals surface area (Å²) in [5.74, 6) is 0.123. The van der Waals surface area contributed by atoms with E-state index in [0.717, 1.165) is 12.8 Å². The molecule has 0 spiro atoms. The zero-order valence-electron chi connectivity index (χ0n) is 19.5. The molecule has 3 aromatic rings. The first kappa shape index (κ1) is 24.9. The molecule has 1 aromatic carbocycles. The highest BCUT2D eigenvalue weighted by Crippen LogP contribution is 2.23. The number of carbonyl (C=O) groups is 1. The number of rotatable bonds is 11. The van der Waals surface area contributed by atoms with Gasteiger partial charge in [-0.25, -0.2) is 14.2 Å². The molecule has 0 fully saturated rings. The van der Waals surface area contributed by atoms with Crippen molar-refractivity contribution >= 4 is 17.4 Å². The Morgan fingerprint density at radius 1 is 1.18 bits per heavy atom. The molecule has 0 radical (unpaired) electrons. The van der Waals surface area contributed by atoms with E-state index in [9.17, 15) is 18.8 Å². The fraction of sp³-hybridized carbons (Fsp3) is 0.417. The van der Waals surface area contributed by atoms with Crippen molar-refractivity contribution in [3.63, 3.8) is 0 Å². The van der Waals surface area contributed by atoms with Crippen LogP contribution < -0.4 is 21.9 Å². The second kappa shape index (κ2) is 11.4. The SMILES string of the molecule is CCCCN(C(=O)CCc1ncc(-c2ccc(F)cc2)o1)c1c(N)n(CCCC)c(=O)[nH]c1=O. The van der Waals surface area contributed by atoms with Crippen LogP contribution in [0.1, 0.15) is 51.8 Å². The van der Waals surface area contributed by atoms with Gasteiger partial charge in [0.1, 0.15) is 11.6 Å². The summed E-state index contributed by atoms with van der Waals surface area (Å²) >= 11 is 0. The van der Waals surface area contributed by atoms with Crippen molar-refractivity contribution in [2.45, 2.75) is 58.9 Å². The quantitative estimate of drug-likeness (QED) is 0.441. The van der Waals surface area contributed by atoms with Crippen LogP contribution in [0.15, 0.2) is 44.5 Å². The van der Waals surface area contributed by atoms with E-state index in [-0.39, 0.29) is 36.1 Å². The maximum Gasteiger partial charge on any atom is 0.330 e. The maximum absolute atomic E-state index is 13.2. The maximum atomic E-state index is 13.2. The zero-order valence-corrected chi connectivity index (χ0v) is 19.5. The summed E-state index contributed by atoms with van der Waals surface area (Å²) in [6, 6.07) is 5.82. The number of H-pyrrole nitrogens is 1. The van der Waals surface area contributed by atoms with Gasteiger partial charge in [0.05, 0.1) is 6.20 Å². The van der Waals surface area contributed by atoms with E-state index < -0.39 is 11.2 Å². The van der Waals surface area contributed by atoms with E-state index in [0.29, 0.717) is 43.1 Å². The molecule has 3 N–H and O–H groups in total. The number of nitrogens with two attached hydrogens (primary N) is 1. The number of aromatic nitrogens is 3. The lowest BCUT2D eigenvalue weighted by atomic mass is 10.2. The van der Waals surface area contributed by atoms with Gasteiger partial charge in [0.25, 0.3) is 5.56 Å². The van der Waals surface area contributed by atoms with E-state index in [1.807, 2.05) is 13.8 Å². The number of anilines is 2. The number of halogens is 1. The fourth-order valence-corrected chi connectivity index (χ4v) is 3.58. The first-order valence-corrected chi connectivity index (χ1v) is 11.5. The van der Waals surface area contributed by atoms with Gasteiger partial charge < -0.3 is 15.1 Å². The van der Waals surface area contributed by atoms with Gasteiger partial charge in [-0.3, -0.25) is 19.1 Å². The minimum atomic E-state index is -0.686. The molecule has 0 aliphatic carbocycles.